The Labute approximate surface area is 240 Å². The SMILES string of the molecule is C=C[Si](C)(C)O[Si](C)(C)C=C.Cc1cc(C)c(-n2ccn(-c3c(C)cc(C)cc3C)[c]2=[Pd])c(C)c1.[CH3-].[CH3-]. The van der Waals surface area contributed by atoms with E-state index in [0.717, 1.165) is 3.89 Å². The van der Waals surface area contributed by atoms with Crippen LogP contribution in [0, 0.1) is 60.3 Å². The second-order valence-corrected chi connectivity index (χ2v) is 19.2. The van der Waals surface area contributed by atoms with Crippen LogP contribution in [0.25, 0.3) is 11.4 Å². The first-order valence-corrected chi connectivity index (χ1v) is 18.8. The van der Waals surface area contributed by atoms with Crippen molar-refractivity contribution >= 4 is 16.6 Å². The molecule has 0 amide bonds. The minimum absolute atomic E-state index is 0. The van der Waals surface area contributed by atoms with Crippen LogP contribution in [0.4, 0.5) is 0 Å². The van der Waals surface area contributed by atoms with E-state index in [1.54, 1.807) is 0 Å². The first-order valence-electron chi connectivity index (χ1n) is 12.0. The van der Waals surface area contributed by atoms with E-state index in [2.05, 4.69) is 145 Å². The molecular weight excluding hydrogens is 579 g/mol. The number of hydrogen-bond acceptors (Lipinski definition) is 1. The van der Waals surface area contributed by atoms with Crippen molar-refractivity contribution < 1.29 is 22.9 Å². The number of aryl methyl sites for hydroxylation is 6. The molecule has 0 atom stereocenters. The van der Waals surface area contributed by atoms with E-state index < -0.39 is 16.6 Å². The zero-order valence-electron chi connectivity index (χ0n) is 25.2. The van der Waals surface area contributed by atoms with Gasteiger partial charge in [-0.1, -0.05) is 11.4 Å². The maximum absolute atomic E-state index is 5.97. The predicted molar refractivity (Wildman–Crippen MR) is 166 cm³/mol. The van der Waals surface area contributed by atoms with E-state index >= 15 is 0 Å². The van der Waals surface area contributed by atoms with Gasteiger partial charge in [0.2, 0.25) is 0 Å². The smallest absolute Gasteiger partial charge is 0.358 e. The maximum Gasteiger partial charge on any atom is -0.358 e. The average Bonchev–Trinajstić information content (AvgIpc) is 3.07. The summed E-state index contributed by atoms with van der Waals surface area (Å²) in [6.45, 7) is 29.2. The Balaban J connectivity index is 0.000000858. The van der Waals surface area contributed by atoms with Crippen LogP contribution < -0.4 is 0 Å². The van der Waals surface area contributed by atoms with Crippen LogP contribution in [0.1, 0.15) is 33.4 Å². The molecule has 0 spiro atoms. The van der Waals surface area contributed by atoms with Gasteiger partial charge in [-0.25, -0.2) is 0 Å². The molecule has 3 nitrogen and oxygen atoms in total. The molecule has 37 heavy (non-hydrogen) atoms. The van der Waals surface area contributed by atoms with Gasteiger partial charge in [-0.05, 0) is 26.2 Å². The monoisotopic (exact) mass is 626 g/mol. The standard InChI is InChI=1S/C21H24N2.C8H18OSi2.2CH3.Pd/c1-14-9-16(3)20(17(4)10-14)22-7-8-23(13-22)21-18(5)11-15(2)12-19(21)6;1-7-10(3,4)9-11(5,6)8-2;;;/h7-12H,1-6H3;7-8H,1-2H2,3-6H3;2*1H3;/q;;2*-1;. The molecule has 1 heterocycles. The molecule has 1 aromatic heterocycles. The molecule has 0 aliphatic rings. The van der Waals surface area contributed by atoms with E-state index in [1.807, 2.05) is 11.4 Å². The Hall–Kier alpha value is -1.81. The van der Waals surface area contributed by atoms with Gasteiger partial charge in [0.05, 0.1) is 0 Å². The van der Waals surface area contributed by atoms with Crippen LogP contribution in [0.2, 0.25) is 26.2 Å². The van der Waals surface area contributed by atoms with Crippen molar-refractivity contribution in [3.8, 4) is 11.4 Å². The number of hydrogen-bond donors (Lipinski definition) is 0. The molecule has 6 heteroatoms. The Bertz CT molecular complexity index is 1160. The Morgan fingerprint density at radius 2 is 0.919 bits per heavy atom. The minimum atomic E-state index is -1.58. The topological polar surface area (TPSA) is 19.1 Å². The van der Waals surface area contributed by atoms with Gasteiger partial charge in [0.25, 0.3) is 0 Å². The van der Waals surface area contributed by atoms with Crippen molar-refractivity contribution in [3.63, 3.8) is 0 Å². The third kappa shape index (κ3) is 8.87. The Kier molecular flexibility index (Phi) is 13.1. The molecule has 0 N–H and O–H groups in total. The van der Waals surface area contributed by atoms with E-state index in [-0.39, 0.29) is 14.9 Å². The van der Waals surface area contributed by atoms with Gasteiger partial charge in [-0.15, -0.1) is 13.2 Å². The summed E-state index contributed by atoms with van der Waals surface area (Å²) in [6, 6.07) is 8.97. The second-order valence-electron chi connectivity index (χ2n) is 10.5. The Morgan fingerprint density at radius 1 is 0.649 bits per heavy atom. The summed E-state index contributed by atoms with van der Waals surface area (Å²) >= 11 is 3.50. The first kappa shape index (κ1) is 35.2. The van der Waals surface area contributed by atoms with Gasteiger partial charge in [0, 0.05) is 0 Å². The molecule has 0 unspecified atom stereocenters. The number of imidazole rings is 1. The zero-order chi connectivity index (χ0) is 26.7. The van der Waals surface area contributed by atoms with Gasteiger partial charge in [0.1, 0.15) is 0 Å². The molecule has 0 aliphatic carbocycles. The third-order valence-corrected chi connectivity index (χ3v) is 12.9. The molecule has 0 radical (unpaired) electrons. The fourth-order valence-corrected chi connectivity index (χ4v) is 11.2. The summed E-state index contributed by atoms with van der Waals surface area (Å²) in [5.41, 5.74) is 14.2. The van der Waals surface area contributed by atoms with Crippen LogP contribution in [-0.2, 0) is 22.9 Å². The van der Waals surface area contributed by atoms with Crippen molar-refractivity contribution in [1.82, 2.24) is 9.13 Å². The molecule has 0 bridgehead atoms. The summed E-state index contributed by atoms with van der Waals surface area (Å²) in [7, 11) is -3.16. The van der Waals surface area contributed by atoms with Gasteiger partial charge < -0.3 is 19.0 Å². The molecule has 2 aromatic carbocycles. The normalized spacial score (nSPS) is 11.0. The number of rotatable bonds is 6. The van der Waals surface area contributed by atoms with Gasteiger partial charge >= 0.3 is 155 Å². The predicted octanol–water partition coefficient (Wildman–Crippen LogP) is 8.96. The number of nitrogens with zero attached hydrogens (tertiary/aromatic N) is 2. The van der Waals surface area contributed by atoms with E-state index in [9.17, 15) is 0 Å². The first-order chi connectivity index (χ1) is 16.1. The molecular formula is C31H48N2OPdSi2-2. The third-order valence-electron chi connectivity index (χ3n) is 5.99. The molecule has 0 saturated carbocycles. The van der Waals surface area contributed by atoms with Gasteiger partial charge in [-0.2, -0.15) is 0 Å². The van der Waals surface area contributed by atoms with Crippen molar-refractivity contribution in [2.24, 2.45) is 0 Å². The molecule has 0 fully saturated rings. The van der Waals surface area contributed by atoms with Gasteiger partial charge in [-0.3, -0.25) is 0 Å². The van der Waals surface area contributed by atoms with Crippen LogP contribution in [0.5, 0.6) is 0 Å². The molecule has 3 aromatic rings. The summed E-state index contributed by atoms with van der Waals surface area (Å²) in [6.07, 6.45) is 4.28. The van der Waals surface area contributed by atoms with Crippen LogP contribution >= 0.6 is 0 Å². The van der Waals surface area contributed by atoms with E-state index in [1.165, 1.54) is 44.8 Å². The molecule has 0 saturated heterocycles. The van der Waals surface area contributed by atoms with Crippen molar-refractivity contribution in [2.75, 3.05) is 0 Å². The Morgan fingerprint density at radius 3 is 1.16 bits per heavy atom. The summed E-state index contributed by atoms with van der Waals surface area (Å²) in [4.78, 5) is 0. The largest absolute Gasteiger partial charge is 0.358 e. The minimum Gasteiger partial charge on any atom is -0.358 e. The number of benzene rings is 2. The molecule has 3 rings (SSSR count). The molecule has 0 aliphatic heterocycles. The summed E-state index contributed by atoms with van der Waals surface area (Å²) in [5.74, 6) is 0. The molecule has 208 valence electrons. The zero-order valence-corrected chi connectivity index (χ0v) is 28.7. The summed E-state index contributed by atoms with van der Waals surface area (Å²) in [5, 5.41) is 0. The maximum atomic E-state index is 5.97. The van der Waals surface area contributed by atoms with Crippen molar-refractivity contribution in [1.29, 1.82) is 0 Å². The van der Waals surface area contributed by atoms with E-state index in [4.69, 9.17) is 4.12 Å². The fourth-order valence-electron chi connectivity index (χ4n) is 4.55. The average molecular weight is 627 g/mol. The van der Waals surface area contributed by atoms with Crippen molar-refractivity contribution in [2.45, 2.75) is 67.7 Å². The number of aromatic nitrogens is 2. The van der Waals surface area contributed by atoms with Crippen LogP contribution in [0.15, 0.2) is 61.2 Å². The fraction of sp³-hybridized carbons (Fsp3) is 0.323. The van der Waals surface area contributed by atoms with E-state index in [0.29, 0.717) is 0 Å². The summed E-state index contributed by atoms with van der Waals surface area (Å²) < 4.78 is 11.5. The second kappa shape index (κ2) is 13.8. The van der Waals surface area contributed by atoms with Crippen LogP contribution in [-0.4, -0.2) is 25.8 Å². The van der Waals surface area contributed by atoms with Crippen molar-refractivity contribution in [3.05, 3.63) is 113 Å². The quantitative estimate of drug-likeness (QED) is 0.197. The van der Waals surface area contributed by atoms with Gasteiger partial charge in [0.15, 0.2) is 16.6 Å². The van der Waals surface area contributed by atoms with Crippen LogP contribution in [0.3, 0.4) is 0 Å².